The molecule has 2 fully saturated rings. The molecule has 2 N–H and O–H groups in total. The molecule has 0 aromatic carbocycles. The van der Waals surface area contributed by atoms with Gasteiger partial charge in [-0.3, -0.25) is 9.59 Å². The summed E-state index contributed by atoms with van der Waals surface area (Å²) in [5.41, 5.74) is 0.0859. The van der Waals surface area contributed by atoms with Gasteiger partial charge in [-0.15, -0.1) is 0 Å². The van der Waals surface area contributed by atoms with Crippen LogP contribution < -0.4 is 10.6 Å². The van der Waals surface area contributed by atoms with Crippen LogP contribution in [0.1, 0.15) is 120 Å². The first kappa shape index (κ1) is 51.7. The van der Waals surface area contributed by atoms with Crippen molar-refractivity contribution in [1.82, 2.24) is 10.6 Å². The van der Waals surface area contributed by atoms with Crippen LogP contribution in [0.5, 0.6) is 0 Å². The quantitative estimate of drug-likeness (QED) is 0.0314. The van der Waals surface area contributed by atoms with E-state index in [0.717, 1.165) is 25.7 Å². The molecular formula is C43H70N2O12S2. The fourth-order valence-corrected chi connectivity index (χ4v) is 10.2. The molecular weight excluding hydrogens is 801 g/mol. The molecule has 14 nitrogen and oxygen atoms in total. The predicted molar refractivity (Wildman–Crippen MR) is 230 cm³/mol. The van der Waals surface area contributed by atoms with Crippen LogP contribution in [0, 0.1) is 21.7 Å². The van der Waals surface area contributed by atoms with Gasteiger partial charge in [-0.1, -0.05) is 54.7 Å². The number of hydrogen-bond acceptors (Lipinski definition) is 14. The zero-order chi connectivity index (χ0) is 44.3. The van der Waals surface area contributed by atoms with Crippen LogP contribution in [0.4, 0.5) is 9.59 Å². The molecule has 0 heterocycles. The van der Waals surface area contributed by atoms with Crippen molar-refractivity contribution < 1.29 is 57.2 Å². The summed E-state index contributed by atoms with van der Waals surface area (Å²) in [5.74, 6) is 0.0377. The van der Waals surface area contributed by atoms with Gasteiger partial charge in [0, 0.05) is 59.1 Å². The molecule has 2 aliphatic rings. The summed E-state index contributed by atoms with van der Waals surface area (Å²) < 4.78 is 31.2. The van der Waals surface area contributed by atoms with Crippen LogP contribution >= 0.6 is 23.5 Å². The van der Waals surface area contributed by atoms with E-state index in [4.69, 9.17) is 28.4 Å². The Hall–Kier alpha value is -3.40. The average Bonchev–Trinajstić information content (AvgIpc) is 3.11. The fourth-order valence-electron chi connectivity index (χ4n) is 8.74. The predicted octanol–water partition coefficient (Wildman–Crippen LogP) is 7.92. The summed E-state index contributed by atoms with van der Waals surface area (Å²) in [6.07, 6.45) is 4.97. The highest BCUT2D eigenvalue weighted by Crippen LogP contribution is 2.49. The van der Waals surface area contributed by atoms with Crippen LogP contribution in [-0.4, -0.2) is 104 Å². The normalized spacial score (nSPS) is 23.1. The van der Waals surface area contributed by atoms with Gasteiger partial charge in [0.1, 0.15) is 13.2 Å². The minimum atomic E-state index is -0.501. The third kappa shape index (κ3) is 21.1. The number of thioether (sulfide) groups is 2. The van der Waals surface area contributed by atoms with E-state index in [-0.39, 0.29) is 73.0 Å². The van der Waals surface area contributed by atoms with Crippen molar-refractivity contribution in [3.05, 3.63) is 24.3 Å². The first-order valence-corrected chi connectivity index (χ1v) is 22.9. The molecule has 59 heavy (non-hydrogen) atoms. The first-order chi connectivity index (χ1) is 27.6. The number of rotatable bonds is 24. The molecule has 0 radical (unpaired) electrons. The monoisotopic (exact) mass is 870 g/mol. The summed E-state index contributed by atoms with van der Waals surface area (Å²) in [6.45, 7) is 24.2. The second-order valence-corrected chi connectivity index (χ2v) is 20.2. The minimum absolute atomic E-state index is 0.0821. The van der Waals surface area contributed by atoms with E-state index in [2.05, 4.69) is 65.3 Å². The minimum Gasteiger partial charge on any atom is -0.463 e. The maximum absolute atomic E-state index is 12.7. The number of nitrogens with one attached hydrogen (secondary N) is 2. The van der Waals surface area contributed by atoms with Gasteiger partial charge in [-0.25, -0.2) is 19.2 Å². The van der Waals surface area contributed by atoms with Crippen LogP contribution in [0.2, 0.25) is 0 Å². The average molecular weight is 871 g/mol. The molecule has 4 unspecified atom stereocenters. The topological polar surface area (TPSA) is 182 Å². The van der Waals surface area contributed by atoms with Gasteiger partial charge in [0.25, 0.3) is 0 Å². The summed E-state index contributed by atoms with van der Waals surface area (Å²) in [6, 6.07) is -0.263. The number of carbonyl (C=O) groups excluding carboxylic acids is 6. The van der Waals surface area contributed by atoms with Crippen molar-refractivity contribution in [2.24, 2.45) is 21.7 Å². The molecule has 2 amide bonds. The van der Waals surface area contributed by atoms with Crippen molar-refractivity contribution in [3.63, 3.8) is 0 Å². The van der Waals surface area contributed by atoms with Crippen molar-refractivity contribution in [2.45, 2.75) is 132 Å². The van der Waals surface area contributed by atoms with Gasteiger partial charge in [-0.05, 0) is 86.9 Å². The molecule has 0 bridgehead atoms. The number of hydrogen-bond donors (Lipinski definition) is 2. The Morgan fingerprint density at radius 1 is 0.576 bits per heavy atom. The van der Waals surface area contributed by atoms with E-state index in [1.165, 1.54) is 23.5 Å². The number of ether oxygens (including phenoxy) is 6. The second kappa shape index (κ2) is 24.8. The number of esters is 4. The number of carbonyl (C=O) groups is 6. The maximum atomic E-state index is 12.7. The number of alkyl carbamates (subject to hydrolysis) is 2. The van der Waals surface area contributed by atoms with Crippen molar-refractivity contribution in [3.8, 4) is 0 Å². The van der Waals surface area contributed by atoms with Crippen molar-refractivity contribution in [2.75, 3.05) is 56.2 Å². The number of amides is 2. The van der Waals surface area contributed by atoms with Gasteiger partial charge in [0.15, 0.2) is 0 Å². The molecule has 2 saturated carbocycles. The van der Waals surface area contributed by atoms with Crippen molar-refractivity contribution in [1.29, 1.82) is 0 Å². The molecule has 336 valence electrons. The highest BCUT2D eigenvalue weighted by molar-refractivity contribution is 7.99. The van der Waals surface area contributed by atoms with Gasteiger partial charge in [0.05, 0.1) is 13.2 Å². The Morgan fingerprint density at radius 2 is 0.949 bits per heavy atom. The highest BCUT2D eigenvalue weighted by atomic mass is 32.2. The van der Waals surface area contributed by atoms with E-state index < -0.39 is 42.9 Å². The zero-order valence-electron chi connectivity index (χ0n) is 36.7. The molecule has 0 aliphatic heterocycles. The second-order valence-electron chi connectivity index (χ2n) is 18.0. The van der Waals surface area contributed by atoms with Crippen molar-refractivity contribution >= 4 is 59.6 Å². The molecule has 0 saturated heterocycles. The molecule has 0 aromatic rings. The Balaban J connectivity index is 1.71. The summed E-state index contributed by atoms with van der Waals surface area (Å²) in [4.78, 5) is 74.0. The Bertz CT molecular complexity index is 1360. The van der Waals surface area contributed by atoms with Crippen LogP contribution in [0.3, 0.4) is 0 Å². The maximum Gasteiger partial charge on any atom is 0.407 e. The molecule has 2 aliphatic carbocycles. The zero-order valence-corrected chi connectivity index (χ0v) is 38.4. The van der Waals surface area contributed by atoms with E-state index in [0.29, 0.717) is 59.8 Å². The third-order valence-electron chi connectivity index (χ3n) is 10.4. The SMILES string of the molecule is C=C(CSCCOC(=O)NC1CC(C)(C)CC(C)(CCC(=O)OCOC(=O)CCC2(C)CC(NC(=O)OCCSCC(=C)C(=O)OCC)CC(C)(C)C2)C1)C(=O)OCC. The van der Waals surface area contributed by atoms with Gasteiger partial charge in [-0.2, -0.15) is 23.5 Å². The Morgan fingerprint density at radius 3 is 1.31 bits per heavy atom. The van der Waals surface area contributed by atoms with Gasteiger partial charge in [0.2, 0.25) is 6.79 Å². The standard InChI is InChI=1S/C43H70N2O12S2/c1-11-52-36(48)30(3)25-58-19-17-54-38(50)44-32-21-40(5,6)27-42(9,23-32)15-13-34(46)56-29-57-35(47)14-16-43(10)24-33(22-41(7,8)28-43)45-39(51)55-18-20-59-26-31(4)37(49)53-12-2/h32-33H,3-4,11-29H2,1-2,5-10H3,(H,44,50)(H,45,51). The Kier molecular flexibility index (Phi) is 21.7. The molecule has 0 spiro atoms. The molecule has 16 heteroatoms. The van der Waals surface area contributed by atoms with Crippen LogP contribution in [0.15, 0.2) is 24.3 Å². The smallest absolute Gasteiger partial charge is 0.407 e. The largest absolute Gasteiger partial charge is 0.463 e. The van der Waals surface area contributed by atoms with Crippen LogP contribution in [0.25, 0.3) is 0 Å². The lowest BCUT2D eigenvalue weighted by Gasteiger charge is -2.46. The summed E-state index contributed by atoms with van der Waals surface area (Å²) in [7, 11) is 0. The lowest BCUT2D eigenvalue weighted by Crippen LogP contribution is -2.47. The van der Waals surface area contributed by atoms with Gasteiger partial charge >= 0.3 is 36.1 Å². The molecule has 2 rings (SSSR count). The molecule has 4 atom stereocenters. The lowest BCUT2D eigenvalue weighted by molar-refractivity contribution is -0.168. The lowest BCUT2D eigenvalue weighted by atomic mass is 9.61. The van der Waals surface area contributed by atoms with E-state index in [1.807, 2.05) is 0 Å². The van der Waals surface area contributed by atoms with E-state index in [9.17, 15) is 28.8 Å². The fraction of sp³-hybridized carbons (Fsp3) is 0.767. The van der Waals surface area contributed by atoms with Crippen LogP contribution in [-0.2, 0) is 47.6 Å². The summed E-state index contributed by atoms with van der Waals surface area (Å²) in [5, 5.41) is 5.99. The Labute approximate surface area is 360 Å². The molecule has 0 aromatic heterocycles. The highest BCUT2D eigenvalue weighted by Gasteiger charge is 2.43. The van der Waals surface area contributed by atoms with E-state index in [1.54, 1.807) is 13.8 Å². The first-order valence-electron chi connectivity index (χ1n) is 20.6. The summed E-state index contributed by atoms with van der Waals surface area (Å²) >= 11 is 2.86. The van der Waals surface area contributed by atoms with Gasteiger partial charge < -0.3 is 39.1 Å². The third-order valence-corrected chi connectivity index (χ3v) is 12.5. The van der Waals surface area contributed by atoms with E-state index >= 15 is 0 Å².